The van der Waals surface area contributed by atoms with Gasteiger partial charge < -0.3 is 14.4 Å². The maximum atomic E-state index is 12.1. The van der Waals surface area contributed by atoms with Crippen LogP contribution < -0.4 is 0 Å². The van der Waals surface area contributed by atoms with E-state index in [1.807, 2.05) is 20.8 Å². The van der Waals surface area contributed by atoms with E-state index in [0.29, 0.717) is 32.4 Å². The van der Waals surface area contributed by atoms with Gasteiger partial charge in [-0.2, -0.15) is 0 Å². The van der Waals surface area contributed by atoms with Gasteiger partial charge in [-0.3, -0.25) is 4.79 Å². The van der Waals surface area contributed by atoms with Gasteiger partial charge in [0.1, 0.15) is 11.7 Å². The highest BCUT2D eigenvalue weighted by Crippen LogP contribution is 2.43. The van der Waals surface area contributed by atoms with Gasteiger partial charge in [0, 0.05) is 24.4 Å². The van der Waals surface area contributed by atoms with Gasteiger partial charge in [-0.15, -0.1) is 0 Å². The third-order valence-electron chi connectivity index (χ3n) is 4.05. The highest BCUT2D eigenvalue weighted by molar-refractivity contribution is 5.79. The van der Waals surface area contributed by atoms with Gasteiger partial charge in [0.25, 0.3) is 0 Å². The quantitative estimate of drug-likeness (QED) is 0.338. The minimum absolute atomic E-state index is 0.166. The molecule has 0 bridgehead atoms. The van der Waals surface area contributed by atoms with Crippen LogP contribution in [0.15, 0.2) is 5.11 Å². The van der Waals surface area contributed by atoms with Crippen molar-refractivity contribution in [1.82, 2.24) is 4.90 Å². The number of azide groups is 1. The number of cyclic esters (lactones) is 1. The third-order valence-corrected chi connectivity index (χ3v) is 4.05. The smallest absolute Gasteiger partial charge is 0.410 e. The lowest BCUT2D eigenvalue weighted by Crippen LogP contribution is -2.46. The minimum Gasteiger partial charge on any atom is -0.462 e. The molecule has 2 aliphatic rings. The molecule has 0 aromatic carbocycles. The Labute approximate surface area is 129 Å². The Kier molecular flexibility index (Phi) is 4.51. The van der Waals surface area contributed by atoms with Crippen LogP contribution in [0.25, 0.3) is 10.4 Å². The molecule has 122 valence electrons. The molecule has 0 aliphatic carbocycles. The van der Waals surface area contributed by atoms with Crippen LogP contribution in [-0.4, -0.2) is 48.3 Å². The Hall–Kier alpha value is -1.95. The van der Waals surface area contributed by atoms with Crippen molar-refractivity contribution >= 4 is 12.1 Å². The summed E-state index contributed by atoms with van der Waals surface area (Å²) in [6.07, 6.45) is 0.957. The summed E-state index contributed by atoms with van der Waals surface area (Å²) < 4.78 is 10.6. The van der Waals surface area contributed by atoms with Crippen LogP contribution >= 0.6 is 0 Å². The lowest BCUT2D eigenvalue weighted by atomic mass is 9.76. The van der Waals surface area contributed by atoms with E-state index in [2.05, 4.69) is 10.0 Å². The Morgan fingerprint density at radius 3 is 2.68 bits per heavy atom. The number of esters is 1. The second kappa shape index (κ2) is 6.04. The predicted molar refractivity (Wildman–Crippen MR) is 78.0 cm³/mol. The van der Waals surface area contributed by atoms with E-state index < -0.39 is 11.0 Å². The molecule has 0 radical (unpaired) electrons. The molecule has 2 saturated heterocycles. The number of hydrogen-bond acceptors (Lipinski definition) is 5. The van der Waals surface area contributed by atoms with Gasteiger partial charge in [-0.05, 0) is 39.1 Å². The zero-order valence-electron chi connectivity index (χ0n) is 13.2. The van der Waals surface area contributed by atoms with Crippen molar-refractivity contribution in [1.29, 1.82) is 0 Å². The van der Waals surface area contributed by atoms with E-state index in [0.717, 1.165) is 0 Å². The summed E-state index contributed by atoms with van der Waals surface area (Å²) >= 11 is 0. The maximum absolute atomic E-state index is 12.1. The Morgan fingerprint density at radius 2 is 2.14 bits per heavy atom. The zero-order chi connectivity index (χ0) is 16.4. The first kappa shape index (κ1) is 16.4. The van der Waals surface area contributed by atoms with Crippen LogP contribution in [0.4, 0.5) is 4.79 Å². The van der Waals surface area contributed by atoms with Crippen LogP contribution in [0.2, 0.25) is 0 Å². The number of amides is 1. The molecular formula is C14H22N4O4. The fourth-order valence-corrected chi connectivity index (χ4v) is 2.92. The van der Waals surface area contributed by atoms with E-state index in [1.165, 1.54) is 0 Å². The van der Waals surface area contributed by atoms with E-state index >= 15 is 0 Å². The van der Waals surface area contributed by atoms with Crippen molar-refractivity contribution in [3.05, 3.63) is 10.4 Å². The lowest BCUT2D eigenvalue weighted by molar-refractivity contribution is -0.150. The number of likely N-dealkylation sites (tertiary alicyclic amines) is 1. The summed E-state index contributed by atoms with van der Waals surface area (Å²) in [6, 6.07) is 0. The molecule has 1 spiro atoms. The summed E-state index contributed by atoms with van der Waals surface area (Å²) in [5.74, 6) is -0.241. The van der Waals surface area contributed by atoms with Crippen LogP contribution in [-0.2, 0) is 14.3 Å². The first-order valence-electron chi connectivity index (χ1n) is 7.46. The molecule has 1 atom stereocenters. The molecule has 0 aromatic heterocycles. The molecule has 22 heavy (non-hydrogen) atoms. The largest absolute Gasteiger partial charge is 0.462 e. The van der Waals surface area contributed by atoms with Crippen LogP contribution in [0.1, 0.15) is 40.0 Å². The van der Waals surface area contributed by atoms with Crippen molar-refractivity contribution in [2.45, 2.75) is 51.7 Å². The summed E-state index contributed by atoms with van der Waals surface area (Å²) in [4.78, 5) is 28.5. The number of rotatable bonds is 2. The topological polar surface area (TPSA) is 105 Å². The van der Waals surface area contributed by atoms with E-state index in [9.17, 15) is 9.59 Å². The molecule has 8 heteroatoms. The summed E-state index contributed by atoms with van der Waals surface area (Å²) in [5, 5.41) is 3.47. The number of carbonyl (C=O) groups is 2. The second-order valence-electron chi connectivity index (χ2n) is 6.89. The second-order valence-corrected chi connectivity index (χ2v) is 6.89. The molecule has 0 unspecified atom stereocenters. The van der Waals surface area contributed by atoms with E-state index in [-0.39, 0.29) is 24.7 Å². The summed E-state index contributed by atoms with van der Waals surface area (Å²) in [6.45, 7) is 6.58. The van der Waals surface area contributed by atoms with E-state index in [1.54, 1.807) is 4.90 Å². The highest BCUT2D eigenvalue weighted by Gasteiger charge is 2.50. The van der Waals surface area contributed by atoms with Gasteiger partial charge in [0.05, 0.1) is 12.0 Å². The predicted octanol–water partition coefficient (Wildman–Crippen LogP) is 2.63. The number of nitrogens with zero attached hydrogens (tertiary/aromatic N) is 4. The Bertz CT molecular complexity index is 499. The van der Waals surface area contributed by atoms with Crippen molar-refractivity contribution in [2.24, 2.45) is 10.5 Å². The van der Waals surface area contributed by atoms with Crippen LogP contribution in [0.3, 0.4) is 0 Å². The summed E-state index contributed by atoms with van der Waals surface area (Å²) in [7, 11) is 0. The zero-order valence-corrected chi connectivity index (χ0v) is 13.2. The molecule has 0 aromatic rings. The average molecular weight is 310 g/mol. The number of carbonyl (C=O) groups excluding carboxylic acids is 2. The molecule has 2 aliphatic heterocycles. The van der Waals surface area contributed by atoms with Crippen molar-refractivity contribution < 1.29 is 19.1 Å². The molecule has 2 rings (SSSR count). The van der Waals surface area contributed by atoms with Crippen LogP contribution in [0, 0.1) is 5.41 Å². The number of hydrogen-bond donors (Lipinski definition) is 0. The van der Waals surface area contributed by atoms with Gasteiger partial charge in [0.2, 0.25) is 0 Å². The normalized spacial score (nSPS) is 23.9. The van der Waals surface area contributed by atoms with Gasteiger partial charge in [-0.1, -0.05) is 5.11 Å². The number of piperidine rings is 1. The highest BCUT2D eigenvalue weighted by atomic mass is 16.6. The Morgan fingerprint density at radius 1 is 1.50 bits per heavy atom. The molecule has 0 saturated carbocycles. The van der Waals surface area contributed by atoms with E-state index in [4.69, 9.17) is 15.0 Å². The Balaban J connectivity index is 1.92. The molecule has 1 amide bonds. The lowest BCUT2D eigenvalue weighted by Gasteiger charge is -2.37. The van der Waals surface area contributed by atoms with Gasteiger partial charge in [-0.25, -0.2) is 4.79 Å². The van der Waals surface area contributed by atoms with Crippen LogP contribution in [0.5, 0.6) is 0 Å². The first-order valence-corrected chi connectivity index (χ1v) is 7.46. The molecular weight excluding hydrogens is 288 g/mol. The third kappa shape index (κ3) is 3.62. The van der Waals surface area contributed by atoms with Gasteiger partial charge >= 0.3 is 12.1 Å². The minimum atomic E-state index is -0.547. The van der Waals surface area contributed by atoms with Crippen molar-refractivity contribution in [3.63, 3.8) is 0 Å². The monoisotopic (exact) mass is 310 g/mol. The fourth-order valence-electron chi connectivity index (χ4n) is 2.92. The fraction of sp³-hybridized carbons (Fsp3) is 0.857. The molecule has 8 nitrogen and oxygen atoms in total. The standard InChI is InChI=1S/C14H22N4O4/c1-13(2,3)22-12(20)18-6-4-14(5-7-18)8-10(9-16-17-15)21-11(14)19/h10H,4-9H2,1-3H3/t10-/m1/s1. The first-order chi connectivity index (χ1) is 10.3. The summed E-state index contributed by atoms with van der Waals surface area (Å²) in [5.41, 5.74) is 7.27. The van der Waals surface area contributed by atoms with Crippen molar-refractivity contribution in [2.75, 3.05) is 19.6 Å². The van der Waals surface area contributed by atoms with Crippen molar-refractivity contribution in [3.8, 4) is 0 Å². The molecule has 0 N–H and O–H groups in total. The SMILES string of the molecule is CC(C)(C)OC(=O)N1CCC2(CC1)C[C@H](CN=[N+]=[N-])OC2=O. The van der Waals surface area contributed by atoms with Gasteiger partial charge in [0.15, 0.2) is 0 Å². The molecule has 2 heterocycles. The average Bonchev–Trinajstić information content (AvgIpc) is 2.72. The number of ether oxygens (including phenoxy) is 2. The molecule has 2 fully saturated rings. The maximum Gasteiger partial charge on any atom is 0.410 e.